The van der Waals surface area contributed by atoms with Gasteiger partial charge in [-0.05, 0) is 12.8 Å². The fourth-order valence-electron chi connectivity index (χ4n) is 1.91. The minimum Gasteiger partial charge on any atom is -0.363 e. The molecule has 1 atom stereocenters. The summed E-state index contributed by atoms with van der Waals surface area (Å²) in [6.45, 7) is -0.267. The van der Waals surface area contributed by atoms with Crippen LogP contribution >= 0.6 is 0 Å². The van der Waals surface area contributed by atoms with Crippen LogP contribution in [0.25, 0.3) is 0 Å². The van der Waals surface area contributed by atoms with Crippen LogP contribution in [-0.4, -0.2) is 21.6 Å². The molecule has 2 N–H and O–H groups in total. The van der Waals surface area contributed by atoms with Crippen LogP contribution in [0.3, 0.4) is 0 Å². The highest BCUT2D eigenvalue weighted by atomic mass is 19.4. The van der Waals surface area contributed by atoms with E-state index in [4.69, 9.17) is 5.73 Å². The van der Waals surface area contributed by atoms with Crippen molar-refractivity contribution in [2.45, 2.75) is 25.6 Å². The molecule has 0 saturated carbocycles. The van der Waals surface area contributed by atoms with Crippen molar-refractivity contribution in [3.8, 4) is 0 Å². The molecule has 0 saturated heterocycles. The zero-order valence-electron chi connectivity index (χ0n) is 8.29. The van der Waals surface area contributed by atoms with Crippen molar-refractivity contribution in [2.75, 3.05) is 0 Å². The average Bonchev–Trinajstić information content (AvgIpc) is 2.58. The molecule has 1 aliphatic rings. The summed E-state index contributed by atoms with van der Waals surface area (Å²) in [5, 5.41) is 0. The molecular weight excluding hydrogens is 223 g/mol. The Labute approximate surface area is 89.3 Å². The van der Waals surface area contributed by atoms with Crippen molar-refractivity contribution < 1.29 is 18.0 Å². The molecule has 1 aromatic heterocycles. The van der Waals surface area contributed by atoms with Gasteiger partial charge in [0.1, 0.15) is 0 Å². The van der Waals surface area contributed by atoms with Gasteiger partial charge in [-0.15, -0.1) is 0 Å². The summed E-state index contributed by atoms with van der Waals surface area (Å²) in [5.74, 6) is -2.31. The third-order valence-corrected chi connectivity index (χ3v) is 2.77. The number of imidazole rings is 1. The fourth-order valence-corrected chi connectivity index (χ4v) is 1.91. The maximum Gasteiger partial charge on any atom is 0.393 e. The first-order valence-corrected chi connectivity index (χ1v) is 4.80. The average molecular weight is 233 g/mol. The number of amides is 1. The normalized spacial score (nSPS) is 20.6. The van der Waals surface area contributed by atoms with Crippen LogP contribution in [0.15, 0.2) is 6.20 Å². The number of alkyl halides is 3. The number of aromatic nitrogens is 2. The Morgan fingerprint density at radius 2 is 2.25 bits per heavy atom. The van der Waals surface area contributed by atoms with Crippen LogP contribution in [-0.2, 0) is 13.0 Å². The number of nitrogens with zero attached hydrogens (tertiary/aromatic N) is 2. The van der Waals surface area contributed by atoms with E-state index in [1.54, 1.807) is 0 Å². The first-order chi connectivity index (χ1) is 7.39. The molecule has 1 aromatic rings. The van der Waals surface area contributed by atoms with Crippen LogP contribution in [0.2, 0.25) is 0 Å². The van der Waals surface area contributed by atoms with Crippen LogP contribution in [0.4, 0.5) is 13.2 Å². The second-order valence-corrected chi connectivity index (χ2v) is 3.83. The summed E-state index contributed by atoms with van der Waals surface area (Å²) in [6.07, 6.45) is -2.53. The maximum absolute atomic E-state index is 12.5. The summed E-state index contributed by atoms with van der Waals surface area (Å²) in [5.41, 5.74) is 5.67. The molecule has 0 aromatic carbocycles. The highest BCUT2D eigenvalue weighted by molar-refractivity contribution is 5.89. The lowest BCUT2D eigenvalue weighted by Crippen LogP contribution is -2.33. The molecule has 2 rings (SSSR count). The number of fused-ring (bicyclic) bond motifs is 1. The van der Waals surface area contributed by atoms with Crippen LogP contribution < -0.4 is 5.73 Å². The molecule has 4 nitrogen and oxygen atoms in total. The summed E-state index contributed by atoms with van der Waals surface area (Å²) >= 11 is 0. The largest absolute Gasteiger partial charge is 0.393 e. The summed E-state index contributed by atoms with van der Waals surface area (Å²) in [4.78, 5) is 14.7. The van der Waals surface area contributed by atoms with E-state index in [1.165, 1.54) is 10.8 Å². The lowest BCUT2D eigenvalue weighted by atomic mass is 9.97. The van der Waals surface area contributed by atoms with Gasteiger partial charge in [0, 0.05) is 18.4 Å². The standard InChI is InChI=1S/C9H10F3N3O/c10-9(11,12)5-1-2-6-3-14-8(7(13)16)15(6)4-5/h3,5H,1-2,4H2,(H2,13,16). The van der Waals surface area contributed by atoms with E-state index in [0.29, 0.717) is 5.69 Å². The number of aryl methyl sites for hydroxylation is 1. The lowest BCUT2D eigenvalue weighted by Gasteiger charge is -2.26. The molecule has 0 radical (unpaired) electrons. The smallest absolute Gasteiger partial charge is 0.363 e. The molecule has 7 heteroatoms. The molecule has 0 fully saturated rings. The van der Waals surface area contributed by atoms with Crippen molar-refractivity contribution in [3.05, 3.63) is 17.7 Å². The highest BCUT2D eigenvalue weighted by Gasteiger charge is 2.42. The number of rotatable bonds is 1. The Kier molecular flexibility index (Phi) is 2.40. The van der Waals surface area contributed by atoms with Gasteiger partial charge < -0.3 is 10.3 Å². The number of hydrogen-bond donors (Lipinski definition) is 1. The van der Waals surface area contributed by atoms with Gasteiger partial charge in [0.05, 0.1) is 5.92 Å². The fraction of sp³-hybridized carbons (Fsp3) is 0.556. The molecule has 0 spiro atoms. The molecule has 88 valence electrons. The number of carbonyl (C=O) groups excluding carboxylic acids is 1. The Morgan fingerprint density at radius 3 is 2.81 bits per heavy atom. The minimum atomic E-state index is -4.24. The van der Waals surface area contributed by atoms with E-state index in [0.717, 1.165) is 0 Å². The molecular formula is C9H10F3N3O. The van der Waals surface area contributed by atoms with E-state index in [2.05, 4.69) is 4.98 Å². The molecule has 1 amide bonds. The topological polar surface area (TPSA) is 60.9 Å². The first kappa shape index (κ1) is 11.0. The quantitative estimate of drug-likeness (QED) is 0.789. The van der Waals surface area contributed by atoms with Crippen LogP contribution in [0.1, 0.15) is 22.7 Å². The third-order valence-electron chi connectivity index (χ3n) is 2.77. The summed E-state index contributed by atoms with van der Waals surface area (Å²) in [6, 6.07) is 0. The lowest BCUT2D eigenvalue weighted by molar-refractivity contribution is -0.182. The molecule has 0 bridgehead atoms. The number of hydrogen-bond acceptors (Lipinski definition) is 2. The molecule has 1 unspecified atom stereocenters. The van der Waals surface area contributed by atoms with Gasteiger partial charge in [0.2, 0.25) is 0 Å². The van der Waals surface area contributed by atoms with Gasteiger partial charge in [-0.25, -0.2) is 4.98 Å². The Morgan fingerprint density at radius 1 is 1.56 bits per heavy atom. The SMILES string of the molecule is NC(=O)c1ncc2n1CC(C(F)(F)F)CC2. The second-order valence-electron chi connectivity index (χ2n) is 3.83. The van der Waals surface area contributed by atoms with Crippen molar-refractivity contribution in [1.29, 1.82) is 0 Å². The number of nitrogens with two attached hydrogens (primary N) is 1. The number of carbonyl (C=O) groups is 1. The molecule has 16 heavy (non-hydrogen) atoms. The van der Waals surface area contributed by atoms with E-state index < -0.39 is 18.0 Å². The summed E-state index contributed by atoms with van der Waals surface area (Å²) < 4.78 is 38.8. The molecule has 2 heterocycles. The monoisotopic (exact) mass is 233 g/mol. The van der Waals surface area contributed by atoms with Gasteiger partial charge in [0.15, 0.2) is 5.82 Å². The maximum atomic E-state index is 12.5. The third kappa shape index (κ3) is 1.77. The van der Waals surface area contributed by atoms with Gasteiger partial charge in [-0.1, -0.05) is 0 Å². The predicted molar refractivity (Wildman–Crippen MR) is 48.6 cm³/mol. The second kappa shape index (κ2) is 3.50. The Balaban J connectivity index is 2.31. The Hall–Kier alpha value is -1.53. The predicted octanol–water partition coefficient (Wildman–Crippen LogP) is 1.11. The van der Waals surface area contributed by atoms with Gasteiger partial charge in [-0.3, -0.25) is 4.79 Å². The number of halogens is 3. The zero-order valence-corrected chi connectivity index (χ0v) is 8.29. The van der Waals surface area contributed by atoms with Gasteiger partial charge in [-0.2, -0.15) is 13.2 Å². The Bertz CT molecular complexity index is 424. The highest BCUT2D eigenvalue weighted by Crippen LogP contribution is 2.34. The zero-order chi connectivity index (χ0) is 11.9. The van der Waals surface area contributed by atoms with Crippen LogP contribution in [0.5, 0.6) is 0 Å². The van der Waals surface area contributed by atoms with Gasteiger partial charge >= 0.3 is 6.18 Å². The van der Waals surface area contributed by atoms with Crippen LogP contribution in [0, 0.1) is 5.92 Å². The number of primary amides is 1. The van der Waals surface area contributed by atoms with Gasteiger partial charge in [0.25, 0.3) is 5.91 Å². The molecule has 0 aliphatic carbocycles. The van der Waals surface area contributed by atoms with E-state index in [-0.39, 0.29) is 25.2 Å². The minimum absolute atomic E-state index is 0.0351. The van der Waals surface area contributed by atoms with E-state index in [9.17, 15) is 18.0 Å². The van der Waals surface area contributed by atoms with Crippen molar-refractivity contribution in [1.82, 2.24) is 9.55 Å². The van der Waals surface area contributed by atoms with E-state index in [1.807, 2.05) is 0 Å². The summed E-state index contributed by atoms with van der Waals surface area (Å²) in [7, 11) is 0. The van der Waals surface area contributed by atoms with Crippen molar-refractivity contribution in [3.63, 3.8) is 0 Å². The first-order valence-electron chi connectivity index (χ1n) is 4.80. The molecule has 1 aliphatic heterocycles. The van der Waals surface area contributed by atoms with Crippen molar-refractivity contribution in [2.24, 2.45) is 11.7 Å². The van der Waals surface area contributed by atoms with Crippen molar-refractivity contribution >= 4 is 5.91 Å². The van der Waals surface area contributed by atoms with E-state index >= 15 is 0 Å².